The van der Waals surface area contributed by atoms with Gasteiger partial charge in [-0.1, -0.05) is 0 Å². The number of hydrogen-bond acceptors (Lipinski definition) is 4. The quantitative estimate of drug-likeness (QED) is 0.694. The van der Waals surface area contributed by atoms with Gasteiger partial charge in [0.2, 0.25) is 6.41 Å². The molecule has 2 aliphatic rings. The van der Waals surface area contributed by atoms with Crippen molar-refractivity contribution in [2.75, 3.05) is 32.8 Å². The number of hydrogen-bond donors (Lipinski definition) is 1. The maximum Gasteiger partial charge on any atom is 0.254 e. The van der Waals surface area contributed by atoms with E-state index in [1.54, 1.807) is 9.80 Å². The fourth-order valence-electron chi connectivity index (χ4n) is 2.75. The van der Waals surface area contributed by atoms with E-state index in [4.69, 9.17) is 4.74 Å². The van der Waals surface area contributed by atoms with Crippen molar-refractivity contribution in [3.8, 4) is 0 Å². The molecule has 0 aliphatic carbocycles. The van der Waals surface area contributed by atoms with Crippen LogP contribution in [-0.2, 0) is 14.3 Å². The first-order valence-corrected chi connectivity index (χ1v) is 6.71. The topological polar surface area (TPSA) is 70.1 Å². The zero-order valence-corrected chi connectivity index (χ0v) is 11.6. The Bertz CT molecular complexity index is 364. The van der Waals surface area contributed by atoms with Gasteiger partial charge in [-0.2, -0.15) is 0 Å². The molecule has 0 bridgehead atoms. The molecule has 2 fully saturated rings. The van der Waals surface area contributed by atoms with Crippen molar-refractivity contribution in [2.45, 2.75) is 37.8 Å². The summed E-state index contributed by atoms with van der Waals surface area (Å²) < 4.78 is 5.19. The van der Waals surface area contributed by atoms with E-state index in [1.165, 1.54) is 0 Å². The number of rotatable bonds is 2. The molecule has 0 spiro atoms. The average Bonchev–Trinajstić information content (AvgIpc) is 2.37. The van der Waals surface area contributed by atoms with Crippen molar-refractivity contribution in [1.82, 2.24) is 9.80 Å². The van der Waals surface area contributed by atoms with Gasteiger partial charge in [-0.25, -0.2) is 0 Å². The first-order chi connectivity index (χ1) is 8.89. The smallest absolute Gasteiger partial charge is 0.254 e. The predicted molar refractivity (Wildman–Crippen MR) is 68.4 cm³/mol. The molecule has 6 nitrogen and oxygen atoms in total. The van der Waals surface area contributed by atoms with E-state index in [-0.39, 0.29) is 5.91 Å². The van der Waals surface area contributed by atoms with E-state index in [0.717, 1.165) is 6.41 Å². The number of nitrogens with zero attached hydrogens (tertiary/aromatic N) is 2. The number of ether oxygens (including phenoxy) is 1. The summed E-state index contributed by atoms with van der Waals surface area (Å²) in [5.74, 6) is -0.227. The van der Waals surface area contributed by atoms with Crippen LogP contribution >= 0.6 is 0 Å². The summed E-state index contributed by atoms with van der Waals surface area (Å²) in [6.07, 6.45) is 1.52. The number of carbonyl (C=O) groups excluding carboxylic acids is 2. The number of amides is 2. The molecule has 6 heteroatoms. The Morgan fingerprint density at radius 2 is 1.89 bits per heavy atom. The Balaban J connectivity index is 2.06. The van der Waals surface area contributed by atoms with Crippen LogP contribution in [0.3, 0.4) is 0 Å². The van der Waals surface area contributed by atoms with Crippen LogP contribution in [0.2, 0.25) is 0 Å². The van der Waals surface area contributed by atoms with Crippen molar-refractivity contribution in [3.63, 3.8) is 0 Å². The molecule has 1 N–H and O–H groups in total. The van der Waals surface area contributed by atoms with Crippen molar-refractivity contribution >= 4 is 12.3 Å². The van der Waals surface area contributed by atoms with Crippen LogP contribution < -0.4 is 0 Å². The summed E-state index contributed by atoms with van der Waals surface area (Å²) in [7, 11) is 0. The van der Waals surface area contributed by atoms with E-state index >= 15 is 0 Å². The lowest BCUT2D eigenvalue weighted by Crippen LogP contribution is -2.63. The van der Waals surface area contributed by atoms with Crippen molar-refractivity contribution in [1.29, 1.82) is 0 Å². The van der Waals surface area contributed by atoms with Gasteiger partial charge in [0.05, 0.1) is 5.54 Å². The molecular formula is C13H22N2O4. The average molecular weight is 270 g/mol. The number of piperazine rings is 1. The summed E-state index contributed by atoms with van der Waals surface area (Å²) in [4.78, 5) is 26.8. The molecule has 2 heterocycles. The Labute approximate surface area is 113 Å². The first-order valence-electron chi connectivity index (χ1n) is 6.71. The fourth-order valence-corrected chi connectivity index (χ4v) is 2.75. The number of carbonyl (C=O) groups is 2. The molecule has 0 aromatic carbocycles. The molecule has 0 unspecified atom stereocenters. The lowest BCUT2D eigenvalue weighted by atomic mass is 9.90. The van der Waals surface area contributed by atoms with Gasteiger partial charge in [-0.3, -0.25) is 9.59 Å². The van der Waals surface area contributed by atoms with Gasteiger partial charge in [-0.15, -0.1) is 0 Å². The van der Waals surface area contributed by atoms with Crippen LogP contribution in [0.1, 0.15) is 26.7 Å². The zero-order chi connectivity index (χ0) is 14.1. The summed E-state index contributed by atoms with van der Waals surface area (Å²) >= 11 is 0. The van der Waals surface area contributed by atoms with Crippen LogP contribution in [0, 0.1) is 0 Å². The van der Waals surface area contributed by atoms with Gasteiger partial charge in [0, 0.05) is 45.7 Å². The monoisotopic (exact) mass is 270 g/mol. The second-order valence-corrected chi connectivity index (χ2v) is 5.98. The summed E-state index contributed by atoms with van der Waals surface area (Å²) in [6.45, 7) is 6.12. The minimum atomic E-state index is -1.29. The van der Waals surface area contributed by atoms with E-state index in [1.807, 2.05) is 13.8 Å². The predicted octanol–water partition coefficient (Wildman–Crippen LogP) is -0.393. The lowest BCUT2D eigenvalue weighted by molar-refractivity contribution is -0.166. The normalized spacial score (nSPS) is 26.1. The molecule has 108 valence electrons. The molecule has 0 radical (unpaired) electrons. The highest BCUT2D eigenvalue weighted by molar-refractivity contribution is 5.85. The third kappa shape index (κ3) is 2.74. The second-order valence-electron chi connectivity index (χ2n) is 5.98. The van der Waals surface area contributed by atoms with Crippen LogP contribution in [0.4, 0.5) is 0 Å². The largest absolute Gasteiger partial charge is 0.381 e. The molecule has 2 amide bonds. The first kappa shape index (κ1) is 14.3. The SMILES string of the molecule is CC1(C)CN(C(=O)C2(O)CCOCC2)CCN1C=O. The van der Waals surface area contributed by atoms with Gasteiger partial charge in [-0.05, 0) is 13.8 Å². The lowest BCUT2D eigenvalue weighted by Gasteiger charge is -2.47. The maximum atomic E-state index is 12.5. The standard InChI is InChI=1S/C13H22N2O4/c1-12(2)9-14(5-6-15(12)10-16)11(17)13(18)3-7-19-8-4-13/h10,18H,3-9H2,1-2H3. The summed E-state index contributed by atoms with van der Waals surface area (Å²) in [6, 6.07) is 0. The Morgan fingerprint density at radius 1 is 1.26 bits per heavy atom. The third-order valence-electron chi connectivity index (χ3n) is 4.10. The van der Waals surface area contributed by atoms with Crippen molar-refractivity contribution in [2.24, 2.45) is 0 Å². The van der Waals surface area contributed by atoms with E-state index in [2.05, 4.69) is 0 Å². The molecule has 2 saturated heterocycles. The molecule has 0 atom stereocenters. The highest BCUT2D eigenvalue weighted by Crippen LogP contribution is 2.26. The third-order valence-corrected chi connectivity index (χ3v) is 4.10. The van der Waals surface area contributed by atoms with Gasteiger partial charge in [0.1, 0.15) is 5.60 Å². The van der Waals surface area contributed by atoms with Crippen LogP contribution in [-0.4, -0.2) is 71.2 Å². The molecule has 0 aromatic heterocycles. The van der Waals surface area contributed by atoms with Crippen LogP contribution in [0.15, 0.2) is 0 Å². The van der Waals surface area contributed by atoms with E-state index in [0.29, 0.717) is 45.7 Å². The Kier molecular flexibility index (Phi) is 3.82. The van der Waals surface area contributed by atoms with Crippen LogP contribution in [0.25, 0.3) is 0 Å². The van der Waals surface area contributed by atoms with E-state index in [9.17, 15) is 14.7 Å². The Morgan fingerprint density at radius 3 is 2.42 bits per heavy atom. The minimum absolute atomic E-state index is 0.227. The second kappa shape index (κ2) is 5.09. The maximum absolute atomic E-state index is 12.5. The van der Waals surface area contributed by atoms with Crippen molar-refractivity contribution in [3.05, 3.63) is 0 Å². The Hall–Kier alpha value is -1.14. The van der Waals surface area contributed by atoms with Gasteiger partial charge < -0.3 is 19.6 Å². The van der Waals surface area contributed by atoms with E-state index < -0.39 is 11.1 Å². The summed E-state index contributed by atoms with van der Waals surface area (Å²) in [5.41, 5.74) is -1.69. The molecule has 2 rings (SSSR count). The highest BCUT2D eigenvalue weighted by atomic mass is 16.5. The zero-order valence-electron chi connectivity index (χ0n) is 11.6. The van der Waals surface area contributed by atoms with Crippen LogP contribution in [0.5, 0.6) is 0 Å². The van der Waals surface area contributed by atoms with Gasteiger partial charge in [0.25, 0.3) is 5.91 Å². The fraction of sp³-hybridized carbons (Fsp3) is 0.846. The molecule has 0 saturated carbocycles. The molecule has 19 heavy (non-hydrogen) atoms. The highest BCUT2D eigenvalue weighted by Gasteiger charge is 2.44. The van der Waals surface area contributed by atoms with Crippen molar-refractivity contribution < 1.29 is 19.4 Å². The molecule has 2 aliphatic heterocycles. The summed E-state index contributed by atoms with van der Waals surface area (Å²) in [5, 5.41) is 10.4. The minimum Gasteiger partial charge on any atom is -0.381 e. The molecule has 0 aromatic rings. The molecular weight excluding hydrogens is 248 g/mol. The van der Waals surface area contributed by atoms with Gasteiger partial charge in [0.15, 0.2) is 0 Å². The van der Waals surface area contributed by atoms with Gasteiger partial charge >= 0.3 is 0 Å². The number of aliphatic hydroxyl groups is 1.